The van der Waals surface area contributed by atoms with Crippen LogP contribution in [0.3, 0.4) is 0 Å². The first kappa shape index (κ1) is 23.8. The van der Waals surface area contributed by atoms with Gasteiger partial charge in [0.15, 0.2) is 0 Å². The topological polar surface area (TPSA) is 87.7 Å². The van der Waals surface area contributed by atoms with E-state index in [9.17, 15) is 10.1 Å². The summed E-state index contributed by atoms with van der Waals surface area (Å²) in [7, 11) is 2.03. The number of carbonyl (C=O) groups excluding carboxylic acids is 1. The van der Waals surface area contributed by atoms with Crippen LogP contribution in [-0.4, -0.2) is 42.9 Å². The molecule has 3 aromatic rings. The van der Waals surface area contributed by atoms with Crippen LogP contribution in [0.1, 0.15) is 60.3 Å². The minimum absolute atomic E-state index is 0.0847. The van der Waals surface area contributed by atoms with E-state index in [-0.39, 0.29) is 17.9 Å². The van der Waals surface area contributed by atoms with E-state index in [1.807, 2.05) is 27.0 Å². The summed E-state index contributed by atoms with van der Waals surface area (Å²) in [5, 5.41) is 10.5. The molecule has 0 N–H and O–H groups in total. The van der Waals surface area contributed by atoms with Crippen molar-refractivity contribution in [2.45, 2.75) is 58.9 Å². The van der Waals surface area contributed by atoms with E-state index < -0.39 is 0 Å². The molecular formula is C29H30N6O. The fraction of sp³-hybridized carbons (Fsp3) is 0.414. The lowest BCUT2D eigenvalue weighted by Crippen LogP contribution is -2.39. The number of aromatic nitrogens is 4. The van der Waals surface area contributed by atoms with Gasteiger partial charge in [0.2, 0.25) is 5.91 Å². The minimum Gasteiger partial charge on any atom is -0.328 e. The number of fused-ring (bicyclic) bond motifs is 1. The quantitative estimate of drug-likeness (QED) is 0.512. The molecule has 3 aromatic heterocycles. The molecule has 182 valence electrons. The van der Waals surface area contributed by atoms with Crippen molar-refractivity contribution in [1.29, 1.82) is 5.26 Å². The van der Waals surface area contributed by atoms with Crippen molar-refractivity contribution in [2.75, 3.05) is 6.54 Å². The van der Waals surface area contributed by atoms with Gasteiger partial charge in [-0.15, -0.1) is 6.42 Å². The summed E-state index contributed by atoms with van der Waals surface area (Å²) >= 11 is 0. The molecule has 1 aliphatic carbocycles. The van der Waals surface area contributed by atoms with Crippen LogP contribution in [0.5, 0.6) is 0 Å². The van der Waals surface area contributed by atoms with Gasteiger partial charge in [0.05, 0.1) is 17.5 Å². The second-order valence-corrected chi connectivity index (χ2v) is 9.89. The first-order valence-electron chi connectivity index (χ1n) is 12.5. The van der Waals surface area contributed by atoms with Gasteiger partial charge < -0.3 is 9.47 Å². The van der Waals surface area contributed by atoms with E-state index in [0.29, 0.717) is 18.7 Å². The number of nitrogens with zero attached hydrogens (tertiary/aromatic N) is 6. The van der Waals surface area contributed by atoms with Gasteiger partial charge in [0.25, 0.3) is 0 Å². The first-order valence-corrected chi connectivity index (χ1v) is 12.5. The smallest absolute Gasteiger partial charge is 0.227 e. The van der Waals surface area contributed by atoms with E-state index in [1.54, 1.807) is 11.2 Å². The Kier molecular flexibility index (Phi) is 6.10. The van der Waals surface area contributed by atoms with Crippen LogP contribution in [0.2, 0.25) is 0 Å². The summed E-state index contributed by atoms with van der Waals surface area (Å²) in [6.07, 6.45) is 13.3. The Labute approximate surface area is 211 Å². The maximum Gasteiger partial charge on any atom is 0.227 e. The fourth-order valence-corrected chi connectivity index (χ4v) is 5.95. The summed E-state index contributed by atoms with van der Waals surface area (Å²) in [4.78, 5) is 28.8. The highest BCUT2D eigenvalue weighted by atomic mass is 16.2. The molecule has 7 nitrogen and oxygen atoms in total. The fourth-order valence-electron chi connectivity index (χ4n) is 5.95. The Morgan fingerprint density at radius 1 is 1.17 bits per heavy atom. The molecule has 0 bridgehead atoms. The molecule has 36 heavy (non-hydrogen) atoms. The minimum atomic E-state index is -0.281. The van der Waals surface area contributed by atoms with Crippen molar-refractivity contribution >= 4 is 22.5 Å². The Bertz CT molecular complexity index is 1480. The number of amides is 1. The van der Waals surface area contributed by atoms with Gasteiger partial charge in [-0.1, -0.05) is 12.0 Å². The number of hydrogen-bond acceptors (Lipinski definition) is 5. The van der Waals surface area contributed by atoms with E-state index >= 15 is 0 Å². The molecule has 0 radical (unpaired) electrons. The molecule has 0 saturated carbocycles. The van der Waals surface area contributed by atoms with Crippen molar-refractivity contribution < 1.29 is 4.79 Å². The first-order chi connectivity index (χ1) is 17.3. The Morgan fingerprint density at radius 2 is 1.97 bits per heavy atom. The van der Waals surface area contributed by atoms with Crippen molar-refractivity contribution in [3.05, 3.63) is 46.7 Å². The zero-order valence-corrected chi connectivity index (χ0v) is 21.3. The van der Waals surface area contributed by atoms with Crippen molar-refractivity contribution in [3.63, 3.8) is 0 Å². The molecule has 1 saturated heterocycles. The van der Waals surface area contributed by atoms with E-state index in [1.165, 1.54) is 5.57 Å². The van der Waals surface area contributed by atoms with Crippen LogP contribution in [0, 0.1) is 50.4 Å². The van der Waals surface area contributed by atoms with Gasteiger partial charge in [0, 0.05) is 41.7 Å². The van der Waals surface area contributed by atoms with Crippen molar-refractivity contribution in [3.8, 4) is 29.7 Å². The molecule has 0 aromatic carbocycles. The van der Waals surface area contributed by atoms with Gasteiger partial charge in [-0.05, 0) is 70.1 Å². The van der Waals surface area contributed by atoms with E-state index in [0.717, 1.165) is 70.5 Å². The maximum absolute atomic E-state index is 13.2. The standard InChI is InChI=1S/C29H30N6O/c1-6-22-14-17(2)24(19(4)33-22)27-26(25-18(3)31-16-32-28(25)34(27)5)20-9-11-21(12-10-20)29(36)35-13-7-8-23(35)15-30/h1,9,14,16,21,23H,7-8,10-13H2,2-5H3/t21-,23+/m1/s1. The van der Waals surface area contributed by atoms with Crippen LogP contribution in [0.4, 0.5) is 0 Å². The number of allylic oxidation sites excluding steroid dienone is 2. The average Bonchev–Trinajstić information content (AvgIpc) is 3.47. The molecule has 0 unspecified atom stereocenters. The third-order valence-electron chi connectivity index (χ3n) is 7.71. The number of carbonyl (C=O) groups is 1. The number of nitriles is 1. The Morgan fingerprint density at radius 3 is 2.64 bits per heavy atom. The largest absolute Gasteiger partial charge is 0.328 e. The normalized spacial score (nSPS) is 19.7. The zero-order valence-electron chi connectivity index (χ0n) is 21.3. The molecule has 1 fully saturated rings. The molecule has 0 spiro atoms. The number of aryl methyl sites for hydroxylation is 4. The van der Waals surface area contributed by atoms with Gasteiger partial charge in [-0.3, -0.25) is 4.79 Å². The van der Waals surface area contributed by atoms with Crippen LogP contribution in [0.15, 0.2) is 18.5 Å². The number of pyridine rings is 1. The zero-order chi connectivity index (χ0) is 25.6. The molecule has 1 aliphatic heterocycles. The molecule has 7 heteroatoms. The summed E-state index contributed by atoms with van der Waals surface area (Å²) in [6.45, 7) is 6.76. The van der Waals surface area contributed by atoms with Gasteiger partial charge in [0.1, 0.15) is 23.7 Å². The van der Waals surface area contributed by atoms with Crippen LogP contribution >= 0.6 is 0 Å². The van der Waals surface area contributed by atoms with Crippen molar-refractivity contribution in [1.82, 2.24) is 24.4 Å². The number of rotatable bonds is 3. The van der Waals surface area contributed by atoms with Crippen molar-refractivity contribution in [2.24, 2.45) is 13.0 Å². The Hall–Kier alpha value is -3.97. The third kappa shape index (κ3) is 3.76. The summed E-state index contributed by atoms with van der Waals surface area (Å²) in [6, 6.07) is 3.97. The summed E-state index contributed by atoms with van der Waals surface area (Å²) < 4.78 is 2.13. The van der Waals surface area contributed by atoms with Crippen LogP contribution in [-0.2, 0) is 11.8 Å². The maximum atomic E-state index is 13.2. The van der Waals surface area contributed by atoms with Gasteiger partial charge in [-0.2, -0.15) is 5.26 Å². The SMILES string of the molecule is C#Cc1cc(C)c(-c2c(C3=CC[C@@H](C(=O)N4CCC[C@H]4C#N)CC3)c3c(C)ncnc3n2C)c(C)n1. The van der Waals surface area contributed by atoms with E-state index in [4.69, 9.17) is 6.42 Å². The highest BCUT2D eigenvalue weighted by Crippen LogP contribution is 2.44. The number of terminal acetylenes is 1. The summed E-state index contributed by atoms with van der Waals surface area (Å²) in [5.74, 6) is 2.69. The van der Waals surface area contributed by atoms with Crippen LogP contribution in [0.25, 0.3) is 27.9 Å². The lowest BCUT2D eigenvalue weighted by atomic mass is 9.83. The second kappa shape index (κ2) is 9.24. The lowest BCUT2D eigenvalue weighted by Gasteiger charge is -2.28. The highest BCUT2D eigenvalue weighted by molar-refractivity contribution is 6.01. The lowest BCUT2D eigenvalue weighted by molar-refractivity contribution is -0.135. The Balaban J connectivity index is 1.61. The molecule has 5 rings (SSSR count). The molecule has 2 aliphatic rings. The predicted octanol–water partition coefficient (Wildman–Crippen LogP) is 4.63. The van der Waals surface area contributed by atoms with Gasteiger partial charge in [-0.25, -0.2) is 15.0 Å². The van der Waals surface area contributed by atoms with Gasteiger partial charge >= 0.3 is 0 Å². The summed E-state index contributed by atoms with van der Waals surface area (Å²) in [5.41, 5.74) is 8.80. The molecule has 2 atom stereocenters. The second-order valence-electron chi connectivity index (χ2n) is 9.89. The van der Waals surface area contributed by atoms with Crippen LogP contribution < -0.4 is 0 Å². The molecular weight excluding hydrogens is 448 g/mol. The number of hydrogen-bond donors (Lipinski definition) is 0. The molecule has 1 amide bonds. The predicted molar refractivity (Wildman–Crippen MR) is 140 cm³/mol. The monoisotopic (exact) mass is 478 g/mol. The highest BCUT2D eigenvalue weighted by Gasteiger charge is 2.35. The third-order valence-corrected chi connectivity index (χ3v) is 7.71. The van der Waals surface area contributed by atoms with E-state index in [2.05, 4.69) is 44.5 Å². The molecule has 4 heterocycles. The average molecular weight is 479 g/mol. The number of likely N-dealkylation sites (tertiary alicyclic amines) is 1.